The highest BCUT2D eigenvalue weighted by atomic mass is 32.2. The molecule has 4 nitrogen and oxygen atoms in total. The Morgan fingerprint density at radius 1 is 1.24 bits per heavy atom. The lowest BCUT2D eigenvalue weighted by Gasteiger charge is -2.10. The molecule has 0 aliphatic rings. The number of ether oxygens (including phenoxy) is 1. The third-order valence-corrected chi connectivity index (χ3v) is 4.04. The molecular formula is C16H17NO3S. The highest BCUT2D eigenvalue weighted by molar-refractivity contribution is 7.99. The molecule has 0 heterocycles. The van der Waals surface area contributed by atoms with Crippen molar-refractivity contribution in [2.75, 3.05) is 18.1 Å². The summed E-state index contributed by atoms with van der Waals surface area (Å²) >= 11 is 1.60. The average Bonchev–Trinajstić information content (AvgIpc) is 2.48. The first kappa shape index (κ1) is 15.3. The Kier molecular flexibility index (Phi) is 5.11. The Hall–Kier alpha value is -2.14. The number of carbonyl (C=O) groups is 1. The van der Waals surface area contributed by atoms with Crippen LogP contribution in [0.3, 0.4) is 0 Å². The van der Waals surface area contributed by atoms with E-state index in [-0.39, 0.29) is 5.56 Å². The van der Waals surface area contributed by atoms with Gasteiger partial charge in [0, 0.05) is 16.3 Å². The fourth-order valence-corrected chi connectivity index (χ4v) is 2.73. The summed E-state index contributed by atoms with van der Waals surface area (Å²) < 4.78 is 5.55. The molecule has 2 aromatic rings. The Bertz CT molecular complexity index is 643. The molecule has 0 bridgehead atoms. The first-order valence-corrected chi connectivity index (χ1v) is 7.51. The van der Waals surface area contributed by atoms with Crippen LogP contribution in [0, 0.1) is 6.92 Å². The van der Waals surface area contributed by atoms with Crippen LogP contribution in [0.25, 0.3) is 0 Å². The van der Waals surface area contributed by atoms with Crippen molar-refractivity contribution in [1.82, 2.24) is 0 Å². The lowest BCUT2D eigenvalue weighted by Crippen LogP contribution is -2.06. The Morgan fingerprint density at radius 2 is 2.00 bits per heavy atom. The molecule has 0 amide bonds. The Morgan fingerprint density at radius 3 is 2.76 bits per heavy atom. The van der Waals surface area contributed by atoms with Crippen LogP contribution in [0.1, 0.15) is 15.9 Å². The SMILES string of the molecule is Cc1cccc(SCCOc2ccccc2C(=O)O)c1N. The predicted octanol–water partition coefficient (Wildman–Crippen LogP) is 3.45. The normalized spacial score (nSPS) is 10.3. The molecule has 0 aliphatic heterocycles. The number of aromatic carboxylic acids is 1. The summed E-state index contributed by atoms with van der Waals surface area (Å²) in [6.07, 6.45) is 0. The van der Waals surface area contributed by atoms with Gasteiger partial charge in [0.2, 0.25) is 0 Å². The highest BCUT2D eigenvalue weighted by Crippen LogP contribution is 2.27. The number of aryl methyl sites for hydroxylation is 1. The van der Waals surface area contributed by atoms with E-state index in [0.717, 1.165) is 16.1 Å². The molecule has 5 heteroatoms. The van der Waals surface area contributed by atoms with Gasteiger partial charge in [-0.2, -0.15) is 0 Å². The fourth-order valence-electron chi connectivity index (χ4n) is 1.85. The topological polar surface area (TPSA) is 72.5 Å². The zero-order valence-corrected chi connectivity index (χ0v) is 12.5. The number of hydrogen-bond donors (Lipinski definition) is 2. The molecule has 0 spiro atoms. The van der Waals surface area contributed by atoms with E-state index in [9.17, 15) is 4.79 Å². The van der Waals surface area contributed by atoms with E-state index in [0.29, 0.717) is 18.1 Å². The lowest BCUT2D eigenvalue weighted by atomic mass is 10.2. The van der Waals surface area contributed by atoms with Crippen molar-refractivity contribution in [2.45, 2.75) is 11.8 Å². The minimum Gasteiger partial charge on any atom is -0.492 e. The van der Waals surface area contributed by atoms with E-state index < -0.39 is 5.97 Å². The van der Waals surface area contributed by atoms with E-state index >= 15 is 0 Å². The molecule has 2 aromatic carbocycles. The fraction of sp³-hybridized carbons (Fsp3) is 0.188. The lowest BCUT2D eigenvalue weighted by molar-refractivity contribution is 0.0692. The van der Waals surface area contributed by atoms with Crippen molar-refractivity contribution in [3.8, 4) is 5.75 Å². The van der Waals surface area contributed by atoms with Crippen LogP contribution in [0.15, 0.2) is 47.4 Å². The molecule has 110 valence electrons. The molecule has 3 N–H and O–H groups in total. The number of hydrogen-bond acceptors (Lipinski definition) is 4. The van der Waals surface area contributed by atoms with Gasteiger partial charge in [0.1, 0.15) is 11.3 Å². The van der Waals surface area contributed by atoms with E-state index in [4.69, 9.17) is 15.6 Å². The zero-order valence-electron chi connectivity index (χ0n) is 11.7. The van der Waals surface area contributed by atoms with Gasteiger partial charge in [-0.25, -0.2) is 4.79 Å². The second kappa shape index (κ2) is 7.04. The summed E-state index contributed by atoms with van der Waals surface area (Å²) in [5.74, 6) is 0.103. The van der Waals surface area contributed by atoms with Crippen LogP contribution in [-0.2, 0) is 0 Å². The molecule has 21 heavy (non-hydrogen) atoms. The van der Waals surface area contributed by atoms with E-state index in [2.05, 4.69) is 0 Å². The molecular weight excluding hydrogens is 286 g/mol. The first-order valence-electron chi connectivity index (χ1n) is 6.52. The molecule has 0 aromatic heterocycles. The van der Waals surface area contributed by atoms with Crippen LogP contribution >= 0.6 is 11.8 Å². The second-order valence-electron chi connectivity index (χ2n) is 4.48. The maximum atomic E-state index is 11.1. The quantitative estimate of drug-likeness (QED) is 0.486. The predicted molar refractivity (Wildman–Crippen MR) is 85.2 cm³/mol. The molecule has 0 fully saturated rings. The monoisotopic (exact) mass is 303 g/mol. The van der Waals surface area contributed by atoms with Gasteiger partial charge in [-0.3, -0.25) is 0 Å². The maximum Gasteiger partial charge on any atom is 0.339 e. The highest BCUT2D eigenvalue weighted by Gasteiger charge is 2.10. The molecule has 0 saturated carbocycles. The molecule has 0 atom stereocenters. The van der Waals surface area contributed by atoms with E-state index in [1.165, 1.54) is 6.07 Å². The molecule has 0 unspecified atom stereocenters. The van der Waals surface area contributed by atoms with Gasteiger partial charge in [-0.1, -0.05) is 24.3 Å². The Labute approximate surface area is 127 Å². The van der Waals surface area contributed by atoms with Gasteiger partial charge in [-0.05, 0) is 30.7 Å². The number of benzene rings is 2. The van der Waals surface area contributed by atoms with Gasteiger partial charge in [0.05, 0.1) is 6.61 Å². The third kappa shape index (κ3) is 3.92. The largest absolute Gasteiger partial charge is 0.492 e. The Balaban J connectivity index is 1.91. The van der Waals surface area contributed by atoms with Crippen molar-refractivity contribution in [1.29, 1.82) is 0 Å². The van der Waals surface area contributed by atoms with Crippen molar-refractivity contribution >= 4 is 23.4 Å². The number of carboxylic acid groups (broad SMARTS) is 1. The first-order chi connectivity index (χ1) is 10.1. The van der Waals surface area contributed by atoms with Crippen molar-refractivity contribution < 1.29 is 14.6 Å². The van der Waals surface area contributed by atoms with Gasteiger partial charge < -0.3 is 15.6 Å². The number of rotatable bonds is 6. The van der Waals surface area contributed by atoms with Crippen LogP contribution in [-0.4, -0.2) is 23.4 Å². The molecule has 2 rings (SSSR count). The standard InChI is InChI=1S/C16H17NO3S/c1-11-5-4-8-14(15(11)17)21-10-9-20-13-7-3-2-6-12(13)16(18)19/h2-8H,9-10,17H2,1H3,(H,18,19). The number of thioether (sulfide) groups is 1. The zero-order chi connectivity index (χ0) is 15.2. The van der Waals surface area contributed by atoms with E-state index in [1.54, 1.807) is 30.0 Å². The number of nitrogens with two attached hydrogens (primary N) is 1. The van der Waals surface area contributed by atoms with E-state index in [1.807, 2.05) is 25.1 Å². The summed E-state index contributed by atoms with van der Waals surface area (Å²) in [6, 6.07) is 12.5. The van der Waals surface area contributed by atoms with Gasteiger partial charge in [-0.15, -0.1) is 11.8 Å². The van der Waals surface area contributed by atoms with Gasteiger partial charge in [0.15, 0.2) is 0 Å². The van der Waals surface area contributed by atoms with Crippen LogP contribution in [0.5, 0.6) is 5.75 Å². The number of para-hydroxylation sites is 2. The summed E-state index contributed by atoms with van der Waals surface area (Å²) in [6.45, 7) is 2.39. The van der Waals surface area contributed by atoms with Crippen LogP contribution in [0.2, 0.25) is 0 Å². The molecule has 0 saturated heterocycles. The number of nitrogen functional groups attached to an aromatic ring is 1. The van der Waals surface area contributed by atoms with Crippen molar-refractivity contribution in [3.05, 3.63) is 53.6 Å². The summed E-state index contributed by atoms with van der Waals surface area (Å²) in [5.41, 5.74) is 8.02. The van der Waals surface area contributed by atoms with Crippen molar-refractivity contribution in [2.24, 2.45) is 0 Å². The summed E-state index contributed by atoms with van der Waals surface area (Å²) in [7, 11) is 0. The van der Waals surface area contributed by atoms with Crippen molar-refractivity contribution in [3.63, 3.8) is 0 Å². The minimum absolute atomic E-state index is 0.178. The van der Waals surface area contributed by atoms with Gasteiger partial charge >= 0.3 is 5.97 Å². The maximum absolute atomic E-state index is 11.1. The molecule has 0 aliphatic carbocycles. The average molecular weight is 303 g/mol. The van der Waals surface area contributed by atoms with Crippen LogP contribution in [0.4, 0.5) is 5.69 Å². The smallest absolute Gasteiger partial charge is 0.339 e. The van der Waals surface area contributed by atoms with Gasteiger partial charge in [0.25, 0.3) is 0 Å². The number of anilines is 1. The molecule has 0 radical (unpaired) electrons. The second-order valence-corrected chi connectivity index (χ2v) is 5.62. The summed E-state index contributed by atoms with van der Waals surface area (Å²) in [4.78, 5) is 12.1. The minimum atomic E-state index is -0.985. The van der Waals surface area contributed by atoms with Crippen LogP contribution < -0.4 is 10.5 Å². The summed E-state index contributed by atoms with van der Waals surface area (Å²) in [5, 5.41) is 9.07. The third-order valence-electron chi connectivity index (χ3n) is 3.00. The number of carboxylic acids is 1.